The number of para-hydroxylation sites is 1. The van der Waals surface area contributed by atoms with E-state index in [1.54, 1.807) is 31.2 Å². The van der Waals surface area contributed by atoms with E-state index >= 15 is 0 Å². The van der Waals surface area contributed by atoms with Crippen LogP contribution in [0.25, 0.3) is 10.8 Å². The summed E-state index contributed by atoms with van der Waals surface area (Å²) in [4.78, 5) is 39.6. The molecular weight excluding hydrogens is 442 g/mol. The van der Waals surface area contributed by atoms with E-state index in [9.17, 15) is 14.4 Å². The lowest BCUT2D eigenvalue weighted by atomic mass is 9.90. The maximum atomic E-state index is 13.3. The summed E-state index contributed by atoms with van der Waals surface area (Å²) in [5.74, 6) is 0.248. The summed E-state index contributed by atoms with van der Waals surface area (Å²) >= 11 is 0. The number of rotatable bonds is 6. The Morgan fingerprint density at radius 3 is 2.37 bits per heavy atom. The van der Waals surface area contributed by atoms with Gasteiger partial charge in [0.15, 0.2) is 0 Å². The number of urea groups is 1. The number of ether oxygens (including phenoxy) is 1. The Kier molecular flexibility index (Phi) is 5.66. The van der Waals surface area contributed by atoms with Gasteiger partial charge in [-0.05, 0) is 53.6 Å². The molecule has 4 amide bonds. The van der Waals surface area contributed by atoms with Crippen molar-refractivity contribution in [1.29, 1.82) is 0 Å². The molecule has 174 valence electrons. The van der Waals surface area contributed by atoms with Gasteiger partial charge >= 0.3 is 6.03 Å². The summed E-state index contributed by atoms with van der Waals surface area (Å²) < 4.78 is 5.79. The lowest BCUT2D eigenvalue weighted by molar-refractivity contribution is -0.133. The van der Waals surface area contributed by atoms with Gasteiger partial charge in [-0.25, -0.2) is 4.79 Å². The topological polar surface area (TPSA) is 87.7 Å². The Balaban J connectivity index is 1.28. The van der Waals surface area contributed by atoms with Crippen molar-refractivity contribution >= 4 is 34.3 Å². The third-order valence-electron chi connectivity index (χ3n) is 6.00. The molecule has 1 unspecified atom stereocenters. The second-order valence-corrected chi connectivity index (χ2v) is 8.50. The summed E-state index contributed by atoms with van der Waals surface area (Å²) in [5.41, 5.74) is -0.110. The molecule has 0 aromatic heterocycles. The summed E-state index contributed by atoms with van der Waals surface area (Å²) in [6.07, 6.45) is 0. The molecule has 7 heteroatoms. The highest BCUT2D eigenvalue weighted by molar-refractivity contribution is 6.10. The van der Waals surface area contributed by atoms with E-state index in [0.29, 0.717) is 22.7 Å². The van der Waals surface area contributed by atoms with Crippen LogP contribution >= 0.6 is 0 Å². The molecular formula is C28H23N3O4. The second-order valence-electron chi connectivity index (χ2n) is 8.50. The number of carbonyl (C=O) groups excluding carboxylic acids is 3. The zero-order valence-electron chi connectivity index (χ0n) is 19.0. The fourth-order valence-corrected chi connectivity index (χ4v) is 4.14. The number of amides is 4. The Bertz CT molecular complexity index is 1440. The molecule has 0 spiro atoms. The van der Waals surface area contributed by atoms with Gasteiger partial charge in [-0.15, -0.1) is 0 Å². The van der Waals surface area contributed by atoms with E-state index in [-0.39, 0.29) is 0 Å². The van der Waals surface area contributed by atoms with E-state index < -0.39 is 29.9 Å². The Morgan fingerprint density at radius 1 is 0.857 bits per heavy atom. The fraction of sp³-hybridized carbons (Fsp3) is 0.107. The van der Waals surface area contributed by atoms with Crippen LogP contribution in [-0.2, 0) is 15.1 Å². The number of imide groups is 1. The normalized spacial score (nSPS) is 17.3. The minimum Gasteiger partial charge on any atom is -0.457 e. The highest BCUT2D eigenvalue weighted by Crippen LogP contribution is 2.31. The smallest absolute Gasteiger partial charge is 0.325 e. The quantitative estimate of drug-likeness (QED) is 0.391. The number of benzene rings is 4. The SMILES string of the molecule is CC1(c2ccc3ccccc3c2)NC(=O)N(CC(=O)Nc2cccc(Oc3ccccc3)c2)C1=O. The Labute approximate surface area is 202 Å². The van der Waals surface area contributed by atoms with Crippen molar-refractivity contribution in [1.82, 2.24) is 10.2 Å². The van der Waals surface area contributed by atoms with Crippen LogP contribution in [0.3, 0.4) is 0 Å². The van der Waals surface area contributed by atoms with Crippen molar-refractivity contribution in [3.05, 3.63) is 103 Å². The molecule has 0 bridgehead atoms. The maximum absolute atomic E-state index is 13.3. The molecule has 4 aromatic carbocycles. The third-order valence-corrected chi connectivity index (χ3v) is 6.00. The largest absolute Gasteiger partial charge is 0.457 e. The van der Waals surface area contributed by atoms with Crippen molar-refractivity contribution in [3.8, 4) is 11.5 Å². The minimum atomic E-state index is -1.26. The van der Waals surface area contributed by atoms with Gasteiger partial charge in [0, 0.05) is 11.8 Å². The van der Waals surface area contributed by atoms with Gasteiger partial charge in [0.2, 0.25) is 5.91 Å². The molecule has 2 N–H and O–H groups in total. The van der Waals surface area contributed by atoms with Crippen LogP contribution in [0.4, 0.5) is 10.5 Å². The van der Waals surface area contributed by atoms with Crippen LogP contribution in [0.2, 0.25) is 0 Å². The van der Waals surface area contributed by atoms with Crippen molar-refractivity contribution in [2.24, 2.45) is 0 Å². The molecule has 1 aliphatic rings. The first-order valence-electron chi connectivity index (χ1n) is 11.2. The molecule has 1 saturated heterocycles. The lowest BCUT2D eigenvalue weighted by Gasteiger charge is -2.22. The second kappa shape index (κ2) is 8.95. The predicted molar refractivity (Wildman–Crippen MR) is 133 cm³/mol. The monoisotopic (exact) mass is 465 g/mol. The summed E-state index contributed by atoms with van der Waals surface area (Å²) in [6, 6.07) is 29.0. The number of fused-ring (bicyclic) bond motifs is 1. The zero-order valence-corrected chi connectivity index (χ0v) is 19.0. The average Bonchev–Trinajstić information content (AvgIpc) is 3.08. The van der Waals surface area contributed by atoms with E-state index in [4.69, 9.17) is 4.74 Å². The first-order chi connectivity index (χ1) is 16.9. The van der Waals surface area contributed by atoms with Crippen LogP contribution in [0, 0.1) is 0 Å². The molecule has 1 atom stereocenters. The minimum absolute atomic E-state index is 0.405. The van der Waals surface area contributed by atoms with Crippen molar-refractivity contribution in [3.63, 3.8) is 0 Å². The van der Waals surface area contributed by atoms with E-state index in [1.165, 1.54) is 0 Å². The molecule has 7 nitrogen and oxygen atoms in total. The van der Waals surface area contributed by atoms with Crippen molar-refractivity contribution in [2.45, 2.75) is 12.5 Å². The molecule has 0 radical (unpaired) electrons. The predicted octanol–water partition coefficient (Wildman–Crippen LogP) is 5.04. The fourth-order valence-electron chi connectivity index (χ4n) is 4.14. The summed E-state index contributed by atoms with van der Waals surface area (Å²) in [6.45, 7) is 1.25. The van der Waals surface area contributed by atoms with Crippen LogP contribution in [0.1, 0.15) is 12.5 Å². The van der Waals surface area contributed by atoms with Gasteiger partial charge < -0.3 is 15.4 Å². The first kappa shape index (κ1) is 22.2. The lowest BCUT2D eigenvalue weighted by Crippen LogP contribution is -2.42. The molecule has 35 heavy (non-hydrogen) atoms. The molecule has 4 aromatic rings. The molecule has 1 fully saturated rings. The van der Waals surface area contributed by atoms with Gasteiger partial charge in [0.1, 0.15) is 23.6 Å². The highest BCUT2D eigenvalue weighted by atomic mass is 16.5. The Morgan fingerprint density at radius 2 is 1.57 bits per heavy atom. The zero-order chi connectivity index (χ0) is 24.4. The van der Waals surface area contributed by atoms with E-state index in [2.05, 4.69) is 10.6 Å². The van der Waals surface area contributed by atoms with Crippen molar-refractivity contribution < 1.29 is 19.1 Å². The molecule has 5 rings (SSSR count). The van der Waals surface area contributed by atoms with Crippen LogP contribution in [0.15, 0.2) is 97.1 Å². The number of hydrogen-bond acceptors (Lipinski definition) is 4. The summed E-state index contributed by atoms with van der Waals surface area (Å²) in [5, 5.41) is 7.48. The first-order valence-corrected chi connectivity index (χ1v) is 11.2. The number of nitrogens with one attached hydrogen (secondary N) is 2. The number of carbonyl (C=O) groups is 3. The molecule has 0 aliphatic carbocycles. The van der Waals surface area contributed by atoms with Gasteiger partial charge in [0.05, 0.1) is 0 Å². The number of nitrogens with zero attached hydrogens (tertiary/aromatic N) is 1. The molecule has 0 saturated carbocycles. The van der Waals surface area contributed by atoms with Crippen LogP contribution < -0.4 is 15.4 Å². The number of hydrogen-bond donors (Lipinski definition) is 2. The van der Waals surface area contributed by atoms with Gasteiger partial charge in [-0.1, -0.05) is 60.7 Å². The standard InChI is InChI=1S/C28H23N3O4/c1-28(21-15-14-19-8-5-6-9-20(19)16-21)26(33)31(27(34)30-28)18-25(32)29-22-10-7-13-24(17-22)35-23-11-3-2-4-12-23/h2-17H,18H2,1H3,(H,29,32)(H,30,34). The van der Waals surface area contributed by atoms with E-state index in [1.807, 2.05) is 72.8 Å². The summed E-state index contributed by atoms with van der Waals surface area (Å²) in [7, 11) is 0. The highest BCUT2D eigenvalue weighted by Gasteiger charge is 2.49. The van der Waals surface area contributed by atoms with Gasteiger partial charge in [0.25, 0.3) is 5.91 Å². The van der Waals surface area contributed by atoms with Crippen LogP contribution in [0.5, 0.6) is 11.5 Å². The average molecular weight is 466 g/mol. The van der Waals surface area contributed by atoms with E-state index in [0.717, 1.165) is 15.7 Å². The molecule has 1 aliphatic heterocycles. The third kappa shape index (κ3) is 4.44. The molecule has 1 heterocycles. The van der Waals surface area contributed by atoms with Crippen molar-refractivity contribution in [2.75, 3.05) is 11.9 Å². The van der Waals surface area contributed by atoms with Crippen LogP contribution in [-0.4, -0.2) is 29.3 Å². The maximum Gasteiger partial charge on any atom is 0.325 e. The van der Waals surface area contributed by atoms with Gasteiger partial charge in [-0.2, -0.15) is 0 Å². The van der Waals surface area contributed by atoms with Gasteiger partial charge in [-0.3, -0.25) is 14.5 Å². The Hall–Kier alpha value is -4.65. The number of anilines is 1.